The van der Waals surface area contributed by atoms with Gasteiger partial charge in [-0.05, 0) is 64.3 Å². The van der Waals surface area contributed by atoms with Crippen LogP contribution in [0.25, 0.3) is 0 Å². The van der Waals surface area contributed by atoms with Gasteiger partial charge in [0.2, 0.25) is 0 Å². The zero-order valence-corrected chi connectivity index (χ0v) is 12.2. The van der Waals surface area contributed by atoms with Crippen molar-refractivity contribution < 1.29 is 0 Å². The van der Waals surface area contributed by atoms with Crippen molar-refractivity contribution in [1.82, 2.24) is 9.80 Å². The predicted octanol–water partition coefficient (Wildman–Crippen LogP) is 1.64. The quantitative estimate of drug-likeness (QED) is 0.767. The van der Waals surface area contributed by atoms with Gasteiger partial charge >= 0.3 is 0 Å². The Morgan fingerprint density at radius 3 is 2.41 bits per heavy atom. The third-order valence-corrected chi connectivity index (χ3v) is 3.93. The first-order valence-electron chi connectivity index (χ1n) is 7.00. The Kier molecular flexibility index (Phi) is 5.90. The molecular formula is C14H31N3. The lowest BCUT2D eigenvalue weighted by molar-refractivity contribution is 0.142. The van der Waals surface area contributed by atoms with Gasteiger partial charge in [0.05, 0.1) is 0 Å². The topological polar surface area (TPSA) is 32.5 Å². The van der Waals surface area contributed by atoms with Crippen LogP contribution in [0.4, 0.5) is 0 Å². The van der Waals surface area contributed by atoms with E-state index in [2.05, 4.69) is 37.7 Å². The van der Waals surface area contributed by atoms with Crippen LogP contribution in [0.1, 0.15) is 33.1 Å². The number of piperidine rings is 1. The maximum absolute atomic E-state index is 5.67. The average Bonchev–Trinajstić information content (AvgIpc) is 2.20. The molecule has 1 fully saturated rings. The molecule has 0 aromatic carbocycles. The summed E-state index contributed by atoms with van der Waals surface area (Å²) in [6.45, 7) is 10.4. The third kappa shape index (κ3) is 5.84. The fourth-order valence-electron chi connectivity index (χ4n) is 2.95. The normalized spacial score (nSPS) is 20.1. The van der Waals surface area contributed by atoms with Gasteiger partial charge in [-0.3, -0.25) is 0 Å². The standard InChI is InChI=1S/C14H31N3/c1-14(2,7-8-15)12-17(4)11-13-5-9-16(3)10-6-13/h13H,5-12,15H2,1-4H3. The maximum atomic E-state index is 5.67. The van der Waals surface area contributed by atoms with E-state index in [0.29, 0.717) is 5.41 Å². The van der Waals surface area contributed by atoms with Crippen LogP contribution in [0.3, 0.4) is 0 Å². The molecule has 0 radical (unpaired) electrons. The molecule has 3 nitrogen and oxygen atoms in total. The van der Waals surface area contributed by atoms with E-state index in [1.54, 1.807) is 0 Å². The van der Waals surface area contributed by atoms with Crippen LogP contribution in [0, 0.1) is 11.3 Å². The summed E-state index contributed by atoms with van der Waals surface area (Å²) in [5, 5.41) is 0. The fraction of sp³-hybridized carbons (Fsp3) is 1.00. The fourth-order valence-corrected chi connectivity index (χ4v) is 2.95. The number of likely N-dealkylation sites (tertiary alicyclic amines) is 1. The summed E-state index contributed by atoms with van der Waals surface area (Å²) < 4.78 is 0. The van der Waals surface area contributed by atoms with E-state index in [1.807, 2.05) is 0 Å². The molecule has 1 heterocycles. The number of hydrogen-bond acceptors (Lipinski definition) is 3. The average molecular weight is 241 g/mol. The largest absolute Gasteiger partial charge is 0.330 e. The van der Waals surface area contributed by atoms with Gasteiger partial charge < -0.3 is 15.5 Å². The van der Waals surface area contributed by atoms with Crippen molar-refractivity contribution in [2.45, 2.75) is 33.1 Å². The van der Waals surface area contributed by atoms with Crippen molar-refractivity contribution in [3.8, 4) is 0 Å². The third-order valence-electron chi connectivity index (χ3n) is 3.93. The minimum Gasteiger partial charge on any atom is -0.330 e. The van der Waals surface area contributed by atoms with Gasteiger partial charge in [-0.2, -0.15) is 0 Å². The molecule has 1 rings (SSSR count). The molecule has 2 N–H and O–H groups in total. The Bertz CT molecular complexity index is 208. The molecule has 17 heavy (non-hydrogen) atoms. The second-order valence-electron chi connectivity index (χ2n) is 6.65. The molecule has 3 heteroatoms. The summed E-state index contributed by atoms with van der Waals surface area (Å²) >= 11 is 0. The highest BCUT2D eigenvalue weighted by Crippen LogP contribution is 2.22. The molecule has 0 spiro atoms. The van der Waals surface area contributed by atoms with Gasteiger partial charge in [-0.15, -0.1) is 0 Å². The van der Waals surface area contributed by atoms with Crippen LogP contribution in [-0.2, 0) is 0 Å². The van der Waals surface area contributed by atoms with Gasteiger partial charge in [-0.25, -0.2) is 0 Å². The molecule has 0 amide bonds. The number of nitrogens with zero attached hydrogens (tertiary/aromatic N) is 2. The van der Waals surface area contributed by atoms with Crippen molar-refractivity contribution >= 4 is 0 Å². The first-order chi connectivity index (χ1) is 7.93. The summed E-state index contributed by atoms with van der Waals surface area (Å²) in [6.07, 6.45) is 3.83. The van der Waals surface area contributed by atoms with Gasteiger partial charge in [0.25, 0.3) is 0 Å². The van der Waals surface area contributed by atoms with Crippen molar-refractivity contribution in [3.63, 3.8) is 0 Å². The molecule has 0 aromatic rings. The van der Waals surface area contributed by atoms with E-state index in [0.717, 1.165) is 25.4 Å². The van der Waals surface area contributed by atoms with E-state index >= 15 is 0 Å². The predicted molar refractivity (Wildman–Crippen MR) is 75.2 cm³/mol. The molecule has 0 unspecified atom stereocenters. The Morgan fingerprint density at radius 2 is 1.88 bits per heavy atom. The van der Waals surface area contributed by atoms with E-state index in [-0.39, 0.29) is 0 Å². The van der Waals surface area contributed by atoms with Crippen molar-refractivity contribution in [2.24, 2.45) is 17.1 Å². The molecule has 102 valence electrons. The van der Waals surface area contributed by atoms with Crippen LogP contribution >= 0.6 is 0 Å². The molecule has 0 saturated carbocycles. The summed E-state index contributed by atoms with van der Waals surface area (Å²) in [5.74, 6) is 0.893. The second-order valence-corrected chi connectivity index (χ2v) is 6.65. The van der Waals surface area contributed by atoms with Gasteiger partial charge in [0.15, 0.2) is 0 Å². The zero-order chi connectivity index (χ0) is 12.9. The Labute approximate surface area is 107 Å². The van der Waals surface area contributed by atoms with E-state index in [1.165, 1.54) is 32.5 Å². The molecule has 1 aliphatic rings. The van der Waals surface area contributed by atoms with Gasteiger partial charge in [0.1, 0.15) is 0 Å². The molecule has 0 atom stereocenters. The molecule has 0 aliphatic carbocycles. The van der Waals surface area contributed by atoms with Crippen LogP contribution in [0.2, 0.25) is 0 Å². The molecule has 1 saturated heterocycles. The van der Waals surface area contributed by atoms with Crippen LogP contribution in [0.15, 0.2) is 0 Å². The summed E-state index contributed by atoms with van der Waals surface area (Å²) in [4.78, 5) is 4.94. The molecule has 0 aromatic heterocycles. The minimum absolute atomic E-state index is 0.356. The smallest absolute Gasteiger partial charge is 0.00302 e. The monoisotopic (exact) mass is 241 g/mol. The summed E-state index contributed by atoms with van der Waals surface area (Å²) in [7, 11) is 4.49. The second kappa shape index (κ2) is 6.72. The Hall–Kier alpha value is -0.120. The first-order valence-corrected chi connectivity index (χ1v) is 7.00. The highest BCUT2D eigenvalue weighted by atomic mass is 15.1. The lowest BCUT2D eigenvalue weighted by Crippen LogP contribution is -2.39. The molecule has 1 aliphatic heterocycles. The molecule has 0 bridgehead atoms. The van der Waals surface area contributed by atoms with E-state index < -0.39 is 0 Å². The summed E-state index contributed by atoms with van der Waals surface area (Å²) in [5.41, 5.74) is 6.02. The lowest BCUT2D eigenvalue weighted by Gasteiger charge is -2.35. The van der Waals surface area contributed by atoms with Crippen LogP contribution in [0.5, 0.6) is 0 Å². The van der Waals surface area contributed by atoms with Crippen LogP contribution in [-0.4, -0.2) is 56.6 Å². The van der Waals surface area contributed by atoms with Gasteiger partial charge in [-0.1, -0.05) is 13.8 Å². The van der Waals surface area contributed by atoms with Crippen molar-refractivity contribution in [3.05, 3.63) is 0 Å². The van der Waals surface area contributed by atoms with E-state index in [9.17, 15) is 0 Å². The zero-order valence-electron chi connectivity index (χ0n) is 12.2. The minimum atomic E-state index is 0.356. The molecular weight excluding hydrogens is 210 g/mol. The maximum Gasteiger partial charge on any atom is 0.00302 e. The summed E-state index contributed by atoms with van der Waals surface area (Å²) in [6, 6.07) is 0. The van der Waals surface area contributed by atoms with Crippen LogP contribution < -0.4 is 5.73 Å². The number of rotatable bonds is 6. The Balaban J connectivity index is 2.26. The number of hydrogen-bond donors (Lipinski definition) is 1. The van der Waals surface area contributed by atoms with Gasteiger partial charge in [0, 0.05) is 13.1 Å². The first kappa shape index (κ1) is 14.9. The van der Waals surface area contributed by atoms with E-state index in [4.69, 9.17) is 5.73 Å². The highest BCUT2D eigenvalue weighted by Gasteiger charge is 2.22. The number of nitrogens with two attached hydrogens (primary N) is 1. The SMILES string of the molecule is CN1CCC(CN(C)CC(C)(C)CCN)CC1. The Morgan fingerprint density at radius 1 is 1.29 bits per heavy atom. The lowest BCUT2D eigenvalue weighted by atomic mass is 9.88. The van der Waals surface area contributed by atoms with Crippen molar-refractivity contribution in [1.29, 1.82) is 0 Å². The van der Waals surface area contributed by atoms with Crippen molar-refractivity contribution in [2.75, 3.05) is 46.8 Å². The highest BCUT2D eigenvalue weighted by molar-refractivity contribution is 4.77.